The molecule has 154 valence electrons. The number of fused-ring (bicyclic) bond motifs is 1. The third kappa shape index (κ3) is 4.18. The molecule has 0 spiro atoms. The zero-order chi connectivity index (χ0) is 22.0. The van der Waals surface area contributed by atoms with Crippen LogP contribution < -0.4 is 9.47 Å². The van der Waals surface area contributed by atoms with Gasteiger partial charge in [0.2, 0.25) is 0 Å². The Kier molecular flexibility index (Phi) is 6.03. The van der Waals surface area contributed by atoms with Gasteiger partial charge in [-0.05, 0) is 47.2 Å². The van der Waals surface area contributed by atoms with Crippen molar-refractivity contribution in [3.05, 3.63) is 75.0 Å². The molecule has 7 heteroatoms. The second-order valence-corrected chi connectivity index (χ2v) is 8.58. The number of nitrogens with zero attached hydrogens (tertiary/aromatic N) is 2. The van der Waals surface area contributed by atoms with E-state index in [1.165, 1.54) is 11.3 Å². The monoisotopic (exact) mass is 492 g/mol. The molecule has 31 heavy (non-hydrogen) atoms. The van der Waals surface area contributed by atoms with Crippen LogP contribution >= 0.6 is 27.3 Å². The van der Waals surface area contributed by atoms with E-state index >= 15 is 0 Å². The predicted molar refractivity (Wildman–Crippen MR) is 125 cm³/mol. The molecule has 0 N–H and O–H groups in total. The maximum Gasteiger partial charge on any atom is 0.186 e. The summed E-state index contributed by atoms with van der Waals surface area (Å²) in [4.78, 5) is 17.7. The van der Waals surface area contributed by atoms with Gasteiger partial charge in [-0.25, -0.2) is 4.98 Å². The van der Waals surface area contributed by atoms with Crippen molar-refractivity contribution in [1.29, 1.82) is 5.26 Å². The summed E-state index contributed by atoms with van der Waals surface area (Å²) in [6.07, 6.45) is 0. The van der Waals surface area contributed by atoms with Gasteiger partial charge in [-0.15, -0.1) is 11.3 Å². The number of hydrogen-bond acceptors (Lipinski definition) is 6. The molecule has 4 rings (SSSR count). The molecule has 3 aromatic carbocycles. The molecule has 0 aliphatic rings. The van der Waals surface area contributed by atoms with Crippen LogP contribution in [0.15, 0.2) is 64.5 Å². The van der Waals surface area contributed by atoms with Gasteiger partial charge in [-0.3, -0.25) is 4.79 Å². The first-order chi connectivity index (χ1) is 15.0. The highest BCUT2D eigenvalue weighted by atomic mass is 79.9. The van der Waals surface area contributed by atoms with E-state index in [0.29, 0.717) is 27.8 Å². The topological polar surface area (TPSA) is 72.2 Å². The number of nitriles is 1. The summed E-state index contributed by atoms with van der Waals surface area (Å²) in [5.74, 6) is -0.0206. The van der Waals surface area contributed by atoms with Gasteiger partial charge in [0.05, 0.1) is 26.0 Å². The molecule has 1 atom stereocenters. The molecule has 4 aromatic rings. The second-order valence-electron chi connectivity index (χ2n) is 6.77. The summed E-state index contributed by atoms with van der Waals surface area (Å²) >= 11 is 4.75. The van der Waals surface area contributed by atoms with Crippen LogP contribution in [0.5, 0.6) is 11.5 Å². The minimum absolute atomic E-state index is 0.263. The third-order valence-electron chi connectivity index (χ3n) is 4.93. The predicted octanol–water partition coefficient (Wildman–Crippen LogP) is 6.23. The highest BCUT2D eigenvalue weighted by Gasteiger charge is 2.25. The number of thiazole rings is 1. The van der Waals surface area contributed by atoms with Gasteiger partial charge in [0.25, 0.3) is 0 Å². The van der Waals surface area contributed by atoms with E-state index in [-0.39, 0.29) is 5.78 Å². The number of ketones is 1. The van der Waals surface area contributed by atoms with Crippen LogP contribution in [0.3, 0.4) is 0 Å². The SMILES string of the molecule is COc1ccc(-c2csc(C(C#N)C(=O)c3ccc4cc(Br)ccc4c3)n2)cc1OC. The Morgan fingerprint density at radius 1 is 1.03 bits per heavy atom. The molecule has 0 amide bonds. The lowest BCUT2D eigenvalue weighted by Gasteiger charge is -2.09. The van der Waals surface area contributed by atoms with Crippen molar-refractivity contribution >= 4 is 43.8 Å². The van der Waals surface area contributed by atoms with Gasteiger partial charge >= 0.3 is 0 Å². The summed E-state index contributed by atoms with van der Waals surface area (Å²) in [5, 5.41) is 14.0. The Morgan fingerprint density at radius 3 is 2.52 bits per heavy atom. The Hall–Kier alpha value is -3.21. The molecular weight excluding hydrogens is 476 g/mol. The maximum atomic E-state index is 13.1. The van der Waals surface area contributed by atoms with Crippen molar-refractivity contribution in [2.45, 2.75) is 5.92 Å². The fraction of sp³-hybridized carbons (Fsp3) is 0.125. The van der Waals surface area contributed by atoms with Crippen molar-refractivity contribution < 1.29 is 14.3 Å². The second kappa shape index (κ2) is 8.88. The van der Waals surface area contributed by atoms with E-state index in [2.05, 4.69) is 27.0 Å². The smallest absolute Gasteiger partial charge is 0.186 e. The molecule has 1 unspecified atom stereocenters. The Balaban J connectivity index is 1.65. The van der Waals surface area contributed by atoms with Gasteiger partial charge in [-0.2, -0.15) is 5.26 Å². The first-order valence-corrected chi connectivity index (χ1v) is 11.0. The number of halogens is 1. The summed E-state index contributed by atoms with van der Waals surface area (Å²) < 4.78 is 11.6. The van der Waals surface area contributed by atoms with E-state index in [1.807, 2.05) is 47.8 Å². The van der Waals surface area contributed by atoms with Gasteiger partial charge in [0.1, 0.15) is 5.01 Å². The summed E-state index contributed by atoms with van der Waals surface area (Å²) in [6, 6.07) is 18.9. The van der Waals surface area contributed by atoms with Gasteiger partial charge < -0.3 is 9.47 Å². The van der Waals surface area contributed by atoms with Crippen molar-refractivity contribution in [2.75, 3.05) is 14.2 Å². The molecule has 0 saturated carbocycles. The van der Waals surface area contributed by atoms with Gasteiger partial charge in [-0.1, -0.05) is 34.1 Å². The minimum atomic E-state index is -0.966. The molecule has 1 heterocycles. The molecule has 0 saturated heterocycles. The highest BCUT2D eigenvalue weighted by molar-refractivity contribution is 9.10. The first-order valence-electron chi connectivity index (χ1n) is 9.35. The minimum Gasteiger partial charge on any atom is -0.493 e. The zero-order valence-electron chi connectivity index (χ0n) is 16.8. The first kappa shape index (κ1) is 21.0. The van der Waals surface area contributed by atoms with Crippen LogP contribution in [0.1, 0.15) is 21.3 Å². The van der Waals surface area contributed by atoms with Crippen molar-refractivity contribution in [3.63, 3.8) is 0 Å². The normalized spacial score (nSPS) is 11.7. The quantitative estimate of drug-likeness (QED) is 0.298. The fourth-order valence-corrected chi connectivity index (χ4v) is 4.56. The molecule has 1 aromatic heterocycles. The number of carbonyl (C=O) groups is 1. The van der Waals surface area contributed by atoms with Gasteiger partial charge in [0, 0.05) is 21.0 Å². The van der Waals surface area contributed by atoms with E-state index in [1.54, 1.807) is 26.4 Å². The van der Waals surface area contributed by atoms with Gasteiger partial charge in [0.15, 0.2) is 23.2 Å². The van der Waals surface area contributed by atoms with Crippen LogP contribution in [-0.4, -0.2) is 25.0 Å². The number of aromatic nitrogens is 1. The number of benzene rings is 3. The van der Waals surface area contributed by atoms with Crippen LogP contribution in [0.4, 0.5) is 0 Å². The van der Waals surface area contributed by atoms with E-state index in [0.717, 1.165) is 20.8 Å². The van der Waals surface area contributed by atoms with Crippen LogP contribution in [0.25, 0.3) is 22.0 Å². The number of rotatable bonds is 6. The van der Waals surface area contributed by atoms with Crippen molar-refractivity contribution in [2.24, 2.45) is 0 Å². The van der Waals surface area contributed by atoms with Crippen molar-refractivity contribution in [1.82, 2.24) is 4.98 Å². The number of carbonyl (C=O) groups excluding carboxylic acids is 1. The highest BCUT2D eigenvalue weighted by Crippen LogP contribution is 2.34. The lowest BCUT2D eigenvalue weighted by Crippen LogP contribution is -2.11. The molecule has 5 nitrogen and oxygen atoms in total. The third-order valence-corrected chi connectivity index (χ3v) is 6.33. The number of hydrogen-bond donors (Lipinski definition) is 0. The summed E-state index contributed by atoms with van der Waals surface area (Å²) in [5.41, 5.74) is 1.99. The van der Waals surface area contributed by atoms with E-state index in [4.69, 9.17) is 9.47 Å². The largest absolute Gasteiger partial charge is 0.493 e. The van der Waals surface area contributed by atoms with Crippen LogP contribution in [0.2, 0.25) is 0 Å². The standard InChI is InChI=1S/C24H17BrN2O3S/c1-29-21-8-6-16(11-22(21)30-2)20-13-31-24(27-20)19(12-26)23(28)17-4-3-15-10-18(25)7-5-14(15)9-17/h3-11,13,19H,1-2H3. The van der Waals surface area contributed by atoms with Crippen LogP contribution in [-0.2, 0) is 0 Å². The lowest BCUT2D eigenvalue weighted by molar-refractivity contribution is 0.0979. The maximum absolute atomic E-state index is 13.1. The molecule has 0 aliphatic carbocycles. The summed E-state index contributed by atoms with van der Waals surface area (Å²) in [6.45, 7) is 0. The average Bonchev–Trinajstić information content (AvgIpc) is 3.28. The Morgan fingerprint density at radius 2 is 1.77 bits per heavy atom. The lowest BCUT2D eigenvalue weighted by atomic mass is 9.97. The average molecular weight is 493 g/mol. The number of Topliss-reactive ketones (excluding diaryl/α,β-unsaturated/α-hetero) is 1. The van der Waals surface area contributed by atoms with Crippen LogP contribution in [0, 0.1) is 11.3 Å². The Bertz CT molecular complexity index is 1330. The van der Waals surface area contributed by atoms with E-state index in [9.17, 15) is 10.1 Å². The number of methoxy groups -OCH3 is 2. The fourth-order valence-electron chi connectivity index (χ4n) is 3.31. The molecule has 0 aliphatic heterocycles. The number of ether oxygens (including phenoxy) is 2. The van der Waals surface area contributed by atoms with Crippen molar-refractivity contribution in [3.8, 4) is 28.8 Å². The van der Waals surface area contributed by atoms with E-state index < -0.39 is 5.92 Å². The molecular formula is C24H17BrN2O3S. The molecule has 0 bridgehead atoms. The molecule has 0 radical (unpaired) electrons. The summed E-state index contributed by atoms with van der Waals surface area (Å²) in [7, 11) is 3.15. The Labute approximate surface area is 192 Å². The molecule has 0 fully saturated rings. The zero-order valence-corrected chi connectivity index (χ0v) is 19.2.